The summed E-state index contributed by atoms with van der Waals surface area (Å²) in [4.78, 5) is 19.9. The monoisotopic (exact) mass is 426 g/mol. The molecular weight excluding hydrogens is 400 g/mol. The van der Waals surface area contributed by atoms with Crippen LogP contribution in [0.1, 0.15) is 63.3 Å². The molecule has 4 bridgehead atoms. The van der Waals surface area contributed by atoms with Gasteiger partial charge in [0.2, 0.25) is 11.7 Å². The zero-order valence-electron chi connectivity index (χ0n) is 17.0. The van der Waals surface area contributed by atoms with Crippen molar-refractivity contribution in [2.24, 2.45) is 17.8 Å². The van der Waals surface area contributed by atoms with Crippen LogP contribution in [0.2, 0.25) is 5.02 Å². The highest BCUT2D eigenvalue weighted by Crippen LogP contribution is 2.55. The predicted octanol–water partition coefficient (Wildman–Crippen LogP) is 5.21. The topological polar surface area (TPSA) is 71.3 Å². The zero-order chi connectivity index (χ0) is 20.3. The lowest BCUT2D eigenvalue weighted by atomic mass is 9.53. The molecule has 1 aliphatic heterocycles. The Morgan fingerprint density at radius 1 is 1.10 bits per heavy atom. The number of carbonyl (C=O) groups is 1. The minimum atomic E-state index is -0.146. The van der Waals surface area contributed by atoms with Crippen molar-refractivity contribution in [2.75, 3.05) is 6.54 Å². The molecule has 1 atom stereocenters. The highest BCUT2D eigenvalue weighted by atomic mass is 35.5. The number of halogens is 1. The van der Waals surface area contributed by atoms with E-state index < -0.39 is 0 Å². The summed E-state index contributed by atoms with van der Waals surface area (Å²) < 4.78 is 5.59. The van der Waals surface area contributed by atoms with E-state index in [4.69, 9.17) is 16.1 Å². The maximum atomic E-state index is 13.3. The summed E-state index contributed by atoms with van der Waals surface area (Å²) in [5.74, 6) is 3.49. The molecule has 6 nitrogen and oxygen atoms in total. The second-order valence-electron chi connectivity index (χ2n) is 9.94. The van der Waals surface area contributed by atoms with Crippen LogP contribution in [0.25, 0.3) is 11.4 Å². The Hall–Kier alpha value is -2.08. The Morgan fingerprint density at radius 2 is 1.77 bits per heavy atom. The van der Waals surface area contributed by atoms with Crippen molar-refractivity contribution in [1.29, 1.82) is 0 Å². The van der Waals surface area contributed by atoms with Crippen molar-refractivity contribution in [2.45, 2.75) is 62.9 Å². The third-order valence-corrected chi connectivity index (χ3v) is 8.01. The van der Waals surface area contributed by atoms with E-state index in [0.717, 1.165) is 62.0 Å². The summed E-state index contributed by atoms with van der Waals surface area (Å²) in [5, 5.41) is 8.31. The molecule has 7 rings (SSSR count). The van der Waals surface area contributed by atoms with Crippen LogP contribution < -0.4 is 5.32 Å². The van der Waals surface area contributed by atoms with Crippen molar-refractivity contribution >= 4 is 17.6 Å². The van der Waals surface area contributed by atoms with Crippen molar-refractivity contribution in [3.05, 3.63) is 35.2 Å². The summed E-state index contributed by atoms with van der Waals surface area (Å²) >= 11 is 5.97. The highest BCUT2D eigenvalue weighted by molar-refractivity contribution is 6.30. The number of aromatic nitrogens is 2. The average molecular weight is 427 g/mol. The molecule has 5 aliphatic rings. The van der Waals surface area contributed by atoms with Gasteiger partial charge in [-0.15, -0.1) is 0 Å². The van der Waals surface area contributed by atoms with E-state index in [0.29, 0.717) is 16.7 Å². The molecule has 4 aliphatic carbocycles. The normalized spacial score (nSPS) is 34.5. The van der Waals surface area contributed by atoms with Gasteiger partial charge in [0.15, 0.2) is 0 Å². The lowest BCUT2D eigenvalue weighted by Crippen LogP contribution is -2.61. The van der Waals surface area contributed by atoms with Crippen LogP contribution in [-0.2, 0) is 0 Å². The van der Waals surface area contributed by atoms with Gasteiger partial charge in [0, 0.05) is 22.7 Å². The van der Waals surface area contributed by atoms with E-state index in [1.807, 2.05) is 29.2 Å². The van der Waals surface area contributed by atoms with E-state index in [1.165, 1.54) is 19.3 Å². The number of rotatable bonds is 3. The van der Waals surface area contributed by atoms with Gasteiger partial charge in [-0.05, 0) is 93.4 Å². The number of urea groups is 1. The summed E-state index contributed by atoms with van der Waals surface area (Å²) in [6, 6.07) is 7.28. The maximum absolute atomic E-state index is 13.3. The number of benzene rings is 1. The second kappa shape index (κ2) is 6.98. The minimum absolute atomic E-state index is 0.0162. The minimum Gasteiger partial charge on any atom is -0.337 e. The molecule has 5 fully saturated rings. The van der Waals surface area contributed by atoms with Crippen molar-refractivity contribution in [3.63, 3.8) is 0 Å². The van der Waals surface area contributed by atoms with Crippen LogP contribution in [0, 0.1) is 17.8 Å². The summed E-state index contributed by atoms with van der Waals surface area (Å²) in [6.07, 6.45) is 9.40. The van der Waals surface area contributed by atoms with Gasteiger partial charge in [-0.1, -0.05) is 16.8 Å². The lowest BCUT2D eigenvalue weighted by molar-refractivity contribution is -0.0160. The molecule has 2 aromatic rings. The third-order valence-electron chi connectivity index (χ3n) is 7.75. The molecule has 2 amide bonds. The zero-order valence-corrected chi connectivity index (χ0v) is 17.8. The summed E-state index contributed by atoms with van der Waals surface area (Å²) in [6.45, 7) is 0.738. The fourth-order valence-electron chi connectivity index (χ4n) is 6.92. The van der Waals surface area contributed by atoms with Crippen LogP contribution in [0.5, 0.6) is 0 Å². The van der Waals surface area contributed by atoms with Gasteiger partial charge in [0.25, 0.3) is 0 Å². The number of nitrogens with one attached hydrogen (secondary N) is 1. The number of hydrogen-bond acceptors (Lipinski definition) is 4. The van der Waals surface area contributed by atoms with Crippen molar-refractivity contribution < 1.29 is 9.32 Å². The highest BCUT2D eigenvalue weighted by Gasteiger charge is 2.52. The van der Waals surface area contributed by atoms with Gasteiger partial charge >= 0.3 is 6.03 Å². The standard InChI is InChI=1S/C23H27ClN4O2/c24-18-5-3-17(4-6-18)20-25-21(30-27-20)19-2-1-7-28(19)22(29)26-23-11-14-8-15(12-23)10-16(9-14)13-23/h3-6,14-16,19H,1-2,7-13H2,(H,26,29). The Labute approximate surface area is 181 Å². The van der Waals surface area contributed by atoms with Gasteiger partial charge in [-0.25, -0.2) is 4.79 Å². The third kappa shape index (κ3) is 3.20. The van der Waals surface area contributed by atoms with Crippen LogP contribution in [0.4, 0.5) is 4.79 Å². The van der Waals surface area contributed by atoms with Crippen LogP contribution >= 0.6 is 11.6 Å². The van der Waals surface area contributed by atoms with Crippen molar-refractivity contribution in [1.82, 2.24) is 20.4 Å². The number of hydrogen-bond donors (Lipinski definition) is 1. The van der Waals surface area contributed by atoms with E-state index in [1.54, 1.807) is 0 Å². The Kier molecular flexibility index (Phi) is 4.34. The molecular formula is C23H27ClN4O2. The summed E-state index contributed by atoms with van der Waals surface area (Å²) in [7, 11) is 0. The molecule has 0 spiro atoms. The van der Waals surface area contributed by atoms with Crippen molar-refractivity contribution in [3.8, 4) is 11.4 Å². The smallest absolute Gasteiger partial charge is 0.318 e. The van der Waals surface area contributed by atoms with Crippen LogP contribution in [-0.4, -0.2) is 33.2 Å². The van der Waals surface area contributed by atoms with E-state index in [9.17, 15) is 4.79 Å². The first-order valence-electron chi connectivity index (χ1n) is 11.3. The number of amides is 2. The molecule has 1 N–H and O–H groups in total. The quantitative estimate of drug-likeness (QED) is 0.731. The van der Waals surface area contributed by atoms with E-state index in [2.05, 4.69) is 15.5 Å². The Morgan fingerprint density at radius 3 is 2.43 bits per heavy atom. The Bertz CT molecular complexity index is 921. The van der Waals surface area contributed by atoms with E-state index >= 15 is 0 Å². The first-order valence-corrected chi connectivity index (χ1v) is 11.6. The fraction of sp³-hybridized carbons (Fsp3) is 0.609. The molecule has 1 saturated heterocycles. The first-order chi connectivity index (χ1) is 14.6. The van der Waals surface area contributed by atoms with Gasteiger partial charge in [-0.3, -0.25) is 0 Å². The van der Waals surface area contributed by atoms with Crippen LogP contribution in [0.3, 0.4) is 0 Å². The number of nitrogens with zero attached hydrogens (tertiary/aromatic N) is 3. The molecule has 7 heteroatoms. The van der Waals surface area contributed by atoms with E-state index in [-0.39, 0.29) is 17.6 Å². The molecule has 4 saturated carbocycles. The molecule has 1 aromatic carbocycles. The lowest BCUT2D eigenvalue weighted by Gasteiger charge is -2.57. The predicted molar refractivity (Wildman–Crippen MR) is 113 cm³/mol. The maximum Gasteiger partial charge on any atom is 0.318 e. The SMILES string of the molecule is O=C(NC12CC3CC(CC(C3)C1)C2)N1CCCC1c1nc(-c2ccc(Cl)cc2)no1. The largest absolute Gasteiger partial charge is 0.337 e. The van der Waals surface area contributed by atoms with Gasteiger partial charge in [0.05, 0.1) is 0 Å². The number of likely N-dealkylation sites (tertiary alicyclic amines) is 1. The fourth-order valence-corrected chi connectivity index (χ4v) is 7.04. The molecule has 158 valence electrons. The van der Waals surface area contributed by atoms with Gasteiger partial charge in [0.1, 0.15) is 6.04 Å². The molecule has 0 radical (unpaired) electrons. The van der Waals surface area contributed by atoms with Crippen LogP contribution in [0.15, 0.2) is 28.8 Å². The molecule has 2 heterocycles. The van der Waals surface area contributed by atoms with Gasteiger partial charge in [-0.2, -0.15) is 4.98 Å². The average Bonchev–Trinajstić information content (AvgIpc) is 3.36. The molecule has 1 aromatic heterocycles. The molecule has 1 unspecified atom stereocenters. The molecule has 30 heavy (non-hydrogen) atoms. The second-order valence-corrected chi connectivity index (χ2v) is 10.4. The number of carbonyl (C=O) groups excluding carboxylic acids is 1. The Balaban J connectivity index is 1.19. The first kappa shape index (κ1) is 18.7. The summed E-state index contributed by atoms with van der Waals surface area (Å²) in [5.41, 5.74) is 0.874. The van der Waals surface area contributed by atoms with Gasteiger partial charge < -0.3 is 14.7 Å².